The first kappa shape index (κ1) is 25.0. The van der Waals surface area contributed by atoms with Crippen molar-refractivity contribution in [1.82, 2.24) is 24.7 Å². The quantitative estimate of drug-likeness (QED) is 0.397. The van der Waals surface area contributed by atoms with Crippen LogP contribution in [0.15, 0.2) is 46.2 Å². The highest BCUT2D eigenvalue weighted by molar-refractivity contribution is 6.31. The van der Waals surface area contributed by atoms with Gasteiger partial charge >= 0.3 is 0 Å². The highest BCUT2D eigenvalue weighted by atomic mass is 35.5. The average Bonchev–Trinajstić information content (AvgIpc) is 3.35. The zero-order valence-electron chi connectivity index (χ0n) is 19.8. The number of anilines is 1. The summed E-state index contributed by atoms with van der Waals surface area (Å²) in [5.74, 6) is -3.40. The largest absolute Gasteiger partial charge is 0.501 e. The lowest BCUT2D eigenvalue weighted by molar-refractivity contribution is 0.101. The van der Waals surface area contributed by atoms with E-state index in [4.69, 9.17) is 11.6 Å². The molecule has 4 rings (SSSR count). The Labute approximate surface area is 209 Å². The van der Waals surface area contributed by atoms with Gasteiger partial charge in [-0.25, -0.2) is 9.37 Å². The van der Waals surface area contributed by atoms with Crippen LogP contribution in [0.25, 0.3) is 0 Å². The molecule has 1 amide bonds. The zero-order valence-corrected chi connectivity index (χ0v) is 20.5. The number of nitrogens with zero attached hydrogens (tertiary/aromatic N) is 5. The number of carbonyl (C=O) groups is 1. The van der Waals surface area contributed by atoms with Crippen LogP contribution in [-0.4, -0.2) is 35.7 Å². The molecular formula is C24H22ClFN6O4. The summed E-state index contributed by atoms with van der Waals surface area (Å²) in [6.45, 7) is 5.28. The molecule has 12 heteroatoms. The molecular weight excluding hydrogens is 491 g/mol. The summed E-state index contributed by atoms with van der Waals surface area (Å²) in [5.41, 5.74) is 1.01. The second kappa shape index (κ2) is 9.86. The summed E-state index contributed by atoms with van der Waals surface area (Å²) in [6.07, 6.45) is 4.04. The van der Waals surface area contributed by atoms with Crippen LogP contribution in [0.5, 0.6) is 5.75 Å². The maximum absolute atomic E-state index is 14.4. The smallest absolute Gasteiger partial charge is 0.296 e. The number of hydrogen-bond acceptors (Lipinski definition) is 8. The molecule has 0 saturated carbocycles. The summed E-state index contributed by atoms with van der Waals surface area (Å²) >= 11 is 6.50. The standard InChI is InChI=1S/C24H22ClFN6O4/c1-11-8-27-13(3)19(29-11)18(16-7-14(26)5-6-17(16)25)12(2)22-31-20(21(33)24(35)32(22)4)23(34)30-15-9-28-36-10-15/h5-10,12,18,33H,1-4H3,(H,30,34)/t12-,18+/m1/s1. The summed E-state index contributed by atoms with van der Waals surface area (Å²) in [7, 11) is 1.42. The van der Waals surface area contributed by atoms with Crippen molar-refractivity contribution in [3.8, 4) is 5.75 Å². The maximum atomic E-state index is 14.4. The molecule has 3 heterocycles. The third-order valence-electron chi connectivity index (χ3n) is 5.81. The van der Waals surface area contributed by atoms with E-state index in [2.05, 4.69) is 29.9 Å². The normalized spacial score (nSPS) is 12.8. The predicted octanol–water partition coefficient (Wildman–Crippen LogP) is 3.86. The molecule has 0 fully saturated rings. The number of aryl methyl sites for hydroxylation is 2. The molecule has 0 saturated heterocycles. The monoisotopic (exact) mass is 512 g/mol. The van der Waals surface area contributed by atoms with Gasteiger partial charge in [0, 0.05) is 30.1 Å². The molecule has 2 atom stereocenters. The van der Waals surface area contributed by atoms with Gasteiger partial charge in [0.1, 0.15) is 23.6 Å². The predicted molar refractivity (Wildman–Crippen MR) is 129 cm³/mol. The molecule has 36 heavy (non-hydrogen) atoms. The molecule has 2 N–H and O–H groups in total. The molecule has 0 aliphatic heterocycles. The molecule has 0 bridgehead atoms. The summed E-state index contributed by atoms with van der Waals surface area (Å²) in [4.78, 5) is 39.1. The fraction of sp³-hybridized carbons (Fsp3) is 0.250. The van der Waals surface area contributed by atoms with Crippen LogP contribution in [0.2, 0.25) is 5.02 Å². The van der Waals surface area contributed by atoms with E-state index in [1.807, 2.05) is 0 Å². The SMILES string of the molecule is Cc1cnc(C)c([C@H](c2cc(F)ccc2Cl)[C@@H](C)c2nc(C(=O)Nc3cnoc3)c(O)c(=O)n2C)n1. The Hall–Kier alpha value is -4.12. The number of benzene rings is 1. The van der Waals surface area contributed by atoms with E-state index in [1.54, 1.807) is 27.0 Å². The van der Waals surface area contributed by atoms with Gasteiger partial charge in [-0.15, -0.1) is 0 Å². The van der Waals surface area contributed by atoms with Crippen molar-refractivity contribution in [3.63, 3.8) is 0 Å². The number of hydrogen-bond donors (Lipinski definition) is 2. The second-order valence-corrected chi connectivity index (χ2v) is 8.72. The van der Waals surface area contributed by atoms with E-state index in [1.165, 1.54) is 37.7 Å². The minimum absolute atomic E-state index is 0.140. The van der Waals surface area contributed by atoms with Crippen molar-refractivity contribution in [1.29, 1.82) is 0 Å². The Morgan fingerprint density at radius 2 is 2.00 bits per heavy atom. The highest BCUT2D eigenvalue weighted by Gasteiger charge is 2.33. The number of aromatic nitrogens is 5. The molecule has 3 aromatic heterocycles. The minimum atomic E-state index is -0.839. The topological polar surface area (TPSA) is 136 Å². The zero-order chi connectivity index (χ0) is 26.1. The number of nitrogens with one attached hydrogen (secondary N) is 1. The lowest BCUT2D eigenvalue weighted by Gasteiger charge is -2.27. The Morgan fingerprint density at radius 1 is 1.25 bits per heavy atom. The van der Waals surface area contributed by atoms with E-state index < -0.39 is 40.6 Å². The highest BCUT2D eigenvalue weighted by Crippen LogP contribution is 2.41. The Kier molecular flexibility index (Phi) is 6.84. The second-order valence-electron chi connectivity index (χ2n) is 8.31. The van der Waals surface area contributed by atoms with Crippen LogP contribution in [0.3, 0.4) is 0 Å². The van der Waals surface area contributed by atoms with Crippen molar-refractivity contribution < 1.29 is 18.8 Å². The molecule has 1 aromatic carbocycles. The van der Waals surface area contributed by atoms with Crippen molar-refractivity contribution in [3.05, 3.63) is 92.2 Å². The van der Waals surface area contributed by atoms with Gasteiger partial charge in [-0.05, 0) is 37.6 Å². The first-order valence-corrected chi connectivity index (χ1v) is 11.2. The van der Waals surface area contributed by atoms with E-state index in [9.17, 15) is 19.1 Å². The maximum Gasteiger partial charge on any atom is 0.296 e. The van der Waals surface area contributed by atoms with Gasteiger partial charge in [-0.1, -0.05) is 23.7 Å². The molecule has 10 nitrogen and oxygen atoms in total. The van der Waals surface area contributed by atoms with Crippen LogP contribution >= 0.6 is 11.6 Å². The van der Waals surface area contributed by atoms with Crippen LogP contribution < -0.4 is 10.9 Å². The lowest BCUT2D eigenvalue weighted by Crippen LogP contribution is -2.30. The van der Waals surface area contributed by atoms with E-state index >= 15 is 0 Å². The summed E-state index contributed by atoms with van der Waals surface area (Å²) in [5, 5.41) is 16.7. The fourth-order valence-corrected chi connectivity index (χ4v) is 4.27. The Morgan fingerprint density at radius 3 is 2.69 bits per heavy atom. The number of rotatable bonds is 6. The summed E-state index contributed by atoms with van der Waals surface area (Å²) < 4.78 is 20.2. The fourth-order valence-electron chi connectivity index (χ4n) is 4.04. The van der Waals surface area contributed by atoms with Crippen molar-refractivity contribution in [2.75, 3.05) is 5.32 Å². The van der Waals surface area contributed by atoms with Crippen molar-refractivity contribution in [2.24, 2.45) is 7.05 Å². The molecule has 0 aliphatic carbocycles. The molecule has 0 radical (unpaired) electrons. The first-order chi connectivity index (χ1) is 17.1. The van der Waals surface area contributed by atoms with Crippen LogP contribution in [0.1, 0.15) is 57.7 Å². The minimum Gasteiger partial charge on any atom is -0.501 e. The number of amides is 1. The lowest BCUT2D eigenvalue weighted by atomic mass is 9.82. The molecule has 0 spiro atoms. The third kappa shape index (κ3) is 4.69. The van der Waals surface area contributed by atoms with E-state index in [-0.39, 0.29) is 16.5 Å². The van der Waals surface area contributed by atoms with Crippen molar-refractivity contribution in [2.45, 2.75) is 32.6 Å². The molecule has 4 aromatic rings. The van der Waals surface area contributed by atoms with E-state index in [0.29, 0.717) is 22.6 Å². The van der Waals surface area contributed by atoms with Gasteiger partial charge in [-0.3, -0.25) is 24.1 Å². The van der Waals surface area contributed by atoms with Crippen molar-refractivity contribution >= 4 is 23.2 Å². The van der Waals surface area contributed by atoms with Gasteiger partial charge in [0.25, 0.3) is 11.5 Å². The number of carbonyl (C=O) groups excluding carboxylic acids is 1. The Balaban J connectivity index is 1.90. The third-order valence-corrected chi connectivity index (χ3v) is 6.16. The van der Waals surface area contributed by atoms with Gasteiger partial charge < -0.3 is 14.9 Å². The molecule has 186 valence electrons. The average molecular weight is 513 g/mol. The summed E-state index contributed by atoms with van der Waals surface area (Å²) in [6, 6.07) is 3.97. The first-order valence-electron chi connectivity index (χ1n) is 10.8. The number of aromatic hydroxyl groups is 1. The number of halogens is 2. The Bertz CT molecular complexity index is 1450. The van der Waals surface area contributed by atoms with Crippen LogP contribution in [0, 0.1) is 19.7 Å². The van der Waals surface area contributed by atoms with Gasteiger partial charge in [-0.2, -0.15) is 0 Å². The van der Waals surface area contributed by atoms with E-state index in [0.717, 1.165) is 4.57 Å². The van der Waals surface area contributed by atoms with Crippen LogP contribution in [-0.2, 0) is 7.05 Å². The van der Waals surface area contributed by atoms with Crippen LogP contribution in [0.4, 0.5) is 10.1 Å². The van der Waals surface area contributed by atoms with Gasteiger partial charge in [0.15, 0.2) is 5.69 Å². The molecule has 0 unspecified atom stereocenters. The van der Waals surface area contributed by atoms with Gasteiger partial charge in [0.2, 0.25) is 5.75 Å². The molecule has 0 aliphatic rings. The van der Waals surface area contributed by atoms with Gasteiger partial charge in [0.05, 0.1) is 23.3 Å².